The van der Waals surface area contributed by atoms with Crippen molar-refractivity contribution in [2.45, 2.75) is 38.8 Å². The molecule has 106 valence electrons. The number of hydrogen-bond acceptors (Lipinski definition) is 3. The van der Waals surface area contributed by atoms with Crippen LogP contribution < -0.4 is 5.32 Å². The Hall–Kier alpha value is -1.32. The minimum Gasteiger partial charge on any atom is -0.378 e. The zero-order chi connectivity index (χ0) is 13.8. The summed E-state index contributed by atoms with van der Waals surface area (Å²) in [6.45, 7) is 3.48. The van der Waals surface area contributed by atoms with Gasteiger partial charge < -0.3 is 10.1 Å². The smallest absolute Gasteiger partial charge is 0.0736 e. The van der Waals surface area contributed by atoms with Crippen molar-refractivity contribution in [1.82, 2.24) is 0 Å². The van der Waals surface area contributed by atoms with Gasteiger partial charge in [0.05, 0.1) is 12.6 Å². The van der Waals surface area contributed by atoms with E-state index in [0.29, 0.717) is 12.6 Å². The molecule has 0 spiro atoms. The molecule has 0 amide bonds. The predicted molar refractivity (Wildman–Crippen MR) is 85.4 cm³/mol. The van der Waals surface area contributed by atoms with Crippen LogP contribution in [0.2, 0.25) is 0 Å². The zero-order valence-electron chi connectivity index (χ0n) is 11.9. The molecule has 0 saturated carbocycles. The van der Waals surface area contributed by atoms with Crippen LogP contribution in [0, 0.1) is 0 Å². The molecule has 2 nitrogen and oxygen atoms in total. The molecule has 2 aromatic rings. The van der Waals surface area contributed by atoms with E-state index in [1.807, 2.05) is 18.3 Å². The molecule has 1 aromatic heterocycles. The van der Waals surface area contributed by atoms with Crippen molar-refractivity contribution in [2.24, 2.45) is 0 Å². The van der Waals surface area contributed by atoms with Crippen LogP contribution in [0.3, 0.4) is 0 Å². The Morgan fingerprint density at radius 1 is 1.30 bits per heavy atom. The van der Waals surface area contributed by atoms with E-state index in [1.165, 1.54) is 36.1 Å². The van der Waals surface area contributed by atoms with Gasteiger partial charge in [0.2, 0.25) is 0 Å². The third-order valence-corrected chi connectivity index (χ3v) is 4.86. The van der Waals surface area contributed by atoms with Crippen molar-refractivity contribution in [3.05, 3.63) is 51.7 Å². The summed E-state index contributed by atoms with van der Waals surface area (Å²) in [5.74, 6) is 0. The Labute approximate surface area is 124 Å². The number of ether oxygens (including phenoxy) is 1. The van der Waals surface area contributed by atoms with Crippen LogP contribution in [-0.2, 0) is 17.8 Å². The molecule has 1 N–H and O–H groups in total. The van der Waals surface area contributed by atoms with Gasteiger partial charge in [-0.2, -0.15) is 0 Å². The average molecular weight is 287 g/mol. The molecule has 1 unspecified atom stereocenters. The summed E-state index contributed by atoms with van der Waals surface area (Å²) < 4.78 is 5.57. The molecular weight excluding hydrogens is 266 g/mol. The van der Waals surface area contributed by atoms with E-state index in [2.05, 4.69) is 41.0 Å². The highest BCUT2D eigenvalue weighted by Crippen LogP contribution is 2.36. The minimum atomic E-state index is 0.452. The Kier molecular flexibility index (Phi) is 4.38. The van der Waals surface area contributed by atoms with Crippen molar-refractivity contribution in [3.8, 4) is 0 Å². The molecule has 0 aliphatic heterocycles. The number of thiophene rings is 1. The molecule has 1 aliphatic carbocycles. The van der Waals surface area contributed by atoms with Crippen LogP contribution in [0.15, 0.2) is 35.7 Å². The molecule has 0 saturated heterocycles. The van der Waals surface area contributed by atoms with Crippen molar-refractivity contribution in [2.75, 3.05) is 11.9 Å². The fourth-order valence-corrected chi connectivity index (χ4v) is 3.81. The predicted octanol–water partition coefficient (Wildman–Crippen LogP) is 4.77. The third kappa shape index (κ3) is 2.89. The molecule has 3 rings (SSSR count). The van der Waals surface area contributed by atoms with E-state index >= 15 is 0 Å². The molecular formula is C17H21NOS. The van der Waals surface area contributed by atoms with Gasteiger partial charge in [0.25, 0.3) is 0 Å². The first-order valence-corrected chi connectivity index (χ1v) is 8.25. The van der Waals surface area contributed by atoms with Crippen LogP contribution in [0.1, 0.15) is 41.8 Å². The van der Waals surface area contributed by atoms with E-state index in [-0.39, 0.29) is 0 Å². The summed E-state index contributed by atoms with van der Waals surface area (Å²) in [6.07, 6.45) is 3.73. The maximum Gasteiger partial charge on any atom is 0.0736 e. The second-order valence-electron chi connectivity index (χ2n) is 5.18. The van der Waals surface area contributed by atoms with Crippen LogP contribution in [-0.4, -0.2) is 6.61 Å². The van der Waals surface area contributed by atoms with Crippen molar-refractivity contribution >= 4 is 17.0 Å². The van der Waals surface area contributed by atoms with Crippen LogP contribution in [0.5, 0.6) is 0 Å². The Morgan fingerprint density at radius 3 is 3.10 bits per heavy atom. The first-order valence-electron chi connectivity index (χ1n) is 7.37. The monoisotopic (exact) mass is 287 g/mol. The summed E-state index contributed by atoms with van der Waals surface area (Å²) >= 11 is 1.89. The first kappa shape index (κ1) is 13.7. The van der Waals surface area contributed by atoms with Gasteiger partial charge in [0.1, 0.15) is 0 Å². The van der Waals surface area contributed by atoms with Gasteiger partial charge in [0, 0.05) is 22.7 Å². The van der Waals surface area contributed by atoms with Crippen molar-refractivity contribution in [1.29, 1.82) is 0 Å². The summed E-state index contributed by atoms with van der Waals surface area (Å²) in [7, 11) is 0. The van der Waals surface area contributed by atoms with E-state index in [0.717, 1.165) is 6.61 Å². The Bertz CT molecular complexity index is 564. The molecule has 0 fully saturated rings. The van der Waals surface area contributed by atoms with Gasteiger partial charge in [-0.15, -0.1) is 11.3 Å². The van der Waals surface area contributed by atoms with E-state index in [1.54, 1.807) is 4.88 Å². The van der Waals surface area contributed by atoms with Crippen molar-refractivity contribution < 1.29 is 4.74 Å². The number of fused-ring (bicyclic) bond motifs is 1. The number of rotatable bonds is 5. The lowest BCUT2D eigenvalue weighted by molar-refractivity contribution is 0.134. The lowest BCUT2D eigenvalue weighted by Gasteiger charge is -2.26. The SMILES string of the molecule is CCOCc1ccccc1NC1CCCc2sccc21. The number of aryl methyl sites for hydroxylation is 1. The zero-order valence-corrected chi connectivity index (χ0v) is 12.7. The van der Waals surface area contributed by atoms with Gasteiger partial charge in [-0.25, -0.2) is 0 Å². The van der Waals surface area contributed by atoms with E-state index < -0.39 is 0 Å². The number of benzene rings is 1. The highest BCUT2D eigenvalue weighted by Gasteiger charge is 2.21. The summed E-state index contributed by atoms with van der Waals surface area (Å²) in [4.78, 5) is 1.55. The second-order valence-corrected chi connectivity index (χ2v) is 6.18. The summed E-state index contributed by atoms with van der Waals surface area (Å²) in [5.41, 5.74) is 3.95. The summed E-state index contributed by atoms with van der Waals surface area (Å²) in [6, 6.07) is 11.2. The molecule has 0 bridgehead atoms. The number of hydrogen-bond donors (Lipinski definition) is 1. The highest BCUT2D eigenvalue weighted by atomic mass is 32.1. The minimum absolute atomic E-state index is 0.452. The fraction of sp³-hybridized carbons (Fsp3) is 0.412. The lowest BCUT2D eigenvalue weighted by atomic mass is 9.93. The standard InChI is InChI=1S/C17H21NOS/c1-2-19-12-13-6-3-4-7-15(13)18-16-8-5-9-17-14(16)10-11-20-17/h3-4,6-7,10-11,16,18H,2,5,8-9,12H2,1H3. The van der Waals surface area contributed by atoms with Gasteiger partial charge in [-0.05, 0) is 49.3 Å². The topological polar surface area (TPSA) is 21.3 Å². The molecule has 1 heterocycles. The normalized spacial score (nSPS) is 17.8. The number of anilines is 1. The molecule has 0 radical (unpaired) electrons. The molecule has 1 aliphatic rings. The molecule has 3 heteroatoms. The Morgan fingerprint density at radius 2 is 2.20 bits per heavy atom. The van der Waals surface area contributed by atoms with Crippen LogP contribution >= 0.6 is 11.3 Å². The molecule has 1 aromatic carbocycles. The average Bonchev–Trinajstić information content (AvgIpc) is 2.96. The lowest BCUT2D eigenvalue weighted by Crippen LogP contribution is -2.16. The quantitative estimate of drug-likeness (QED) is 0.855. The largest absolute Gasteiger partial charge is 0.378 e. The second kappa shape index (κ2) is 6.42. The maximum absolute atomic E-state index is 5.57. The molecule has 1 atom stereocenters. The van der Waals surface area contributed by atoms with Gasteiger partial charge in [-0.1, -0.05) is 18.2 Å². The summed E-state index contributed by atoms with van der Waals surface area (Å²) in [5, 5.41) is 5.95. The van der Waals surface area contributed by atoms with E-state index in [9.17, 15) is 0 Å². The van der Waals surface area contributed by atoms with Crippen LogP contribution in [0.25, 0.3) is 0 Å². The van der Waals surface area contributed by atoms with E-state index in [4.69, 9.17) is 4.74 Å². The fourth-order valence-electron chi connectivity index (χ4n) is 2.82. The third-order valence-electron chi connectivity index (χ3n) is 3.86. The van der Waals surface area contributed by atoms with Gasteiger partial charge >= 0.3 is 0 Å². The van der Waals surface area contributed by atoms with Crippen molar-refractivity contribution in [3.63, 3.8) is 0 Å². The Balaban J connectivity index is 1.79. The van der Waals surface area contributed by atoms with Gasteiger partial charge in [-0.3, -0.25) is 0 Å². The molecule has 20 heavy (non-hydrogen) atoms. The van der Waals surface area contributed by atoms with Gasteiger partial charge in [0.15, 0.2) is 0 Å². The van der Waals surface area contributed by atoms with Crippen LogP contribution in [0.4, 0.5) is 5.69 Å². The maximum atomic E-state index is 5.57. The first-order chi connectivity index (χ1) is 9.88. The highest BCUT2D eigenvalue weighted by molar-refractivity contribution is 7.10. The number of nitrogens with one attached hydrogen (secondary N) is 1. The number of para-hydroxylation sites is 1.